The molecule has 2 aromatic rings. The fraction of sp³-hybridized carbons (Fsp3) is 0.516. The number of para-hydroxylation sites is 2. The number of benzene rings is 2. The Labute approximate surface area is 244 Å². The van der Waals surface area contributed by atoms with E-state index in [1.54, 1.807) is 39.0 Å². The zero-order chi connectivity index (χ0) is 29.9. The SMILES string of the molecule is CCCCCCCN(C(=O)C(CS)NC(=O)OC(C)(C)C)C(C(=O)Nc1c(C)cccc1C)c1ccccc1O. The predicted molar refractivity (Wildman–Crippen MR) is 163 cm³/mol. The van der Waals surface area contributed by atoms with Gasteiger partial charge in [-0.2, -0.15) is 12.6 Å². The van der Waals surface area contributed by atoms with Crippen molar-refractivity contribution in [1.29, 1.82) is 0 Å². The van der Waals surface area contributed by atoms with Gasteiger partial charge < -0.3 is 25.4 Å². The van der Waals surface area contributed by atoms with Gasteiger partial charge in [0, 0.05) is 23.5 Å². The molecule has 3 N–H and O–H groups in total. The van der Waals surface area contributed by atoms with Crippen LogP contribution in [0.25, 0.3) is 0 Å². The van der Waals surface area contributed by atoms with Gasteiger partial charge in [-0.15, -0.1) is 0 Å². The first-order valence-electron chi connectivity index (χ1n) is 13.9. The predicted octanol–water partition coefficient (Wildman–Crippen LogP) is 6.31. The van der Waals surface area contributed by atoms with Crippen molar-refractivity contribution >= 4 is 36.2 Å². The summed E-state index contributed by atoms with van der Waals surface area (Å²) in [7, 11) is 0. The van der Waals surface area contributed by atoms with Crippen LogP contribution in [-0.4, -0.2) is 51.9 Å². The van der Waals surface area contributed by atoms with E-state index in [9.17, 15) is 19.5 Å². The van der Waals surface area contributed by atoms with E-state index in [2.05, 4.69) is 30.2 Å². The summed E-state index contributed by atoms with van der Waals surface area (Å²) in [6.07, 6.45) is 3.92. The Hall–Kier alpha value is -3.20. The number of hydrogen-bond donors (Lipinski definition) is 4. The van der Waals surface area contributed by atoms with Crippen LogP contribution in [0.3, 0.4) is 0 Å². The number of nitrogens with zero attached hydrogens (tertiary/aromatic N) is 1. The first-order chi connectivity index (χ1) is 18.9. The number of nitrogens with one attached hydrogen (secondary N) is 2. The van der Waals surface area contributed by atoms with E-state index in [4.69, 9.17) is 4.74 Å². The minimum Gasteiger partial charge on any atom is -0.508 e. The Morgan fingerprint density at radius 1 is 0.975 bits per heavy atom. The van der Waals surface area contributed by atoms with Gasteiger partial charge in [-0.1, -0.05) is 69.0 Å². The second-order valence-electron chi connectivity index (χ2n) is 11.0. The highest BCUT2D eigenvalue weighted by molar-refractivity contribution is 7.80. The van der Waals surface area contributed by atoms with Crippen molar-refractivity contribution in [2.75, 3.05) is 17.6 Å². The lowest BCUT2D eigenvalue weighted by molar-refractivity contribution is -0.140. The molecule has 3 amide bonds. The van der Waals surface area contributed by atoms with Crippen LogP contribution in [0.1, 0.15) is 82.5 Å². The van der Waals surface area contributed by atoms with Gasteiger partial charge in [0.25, 0.3) is 5.91 Å². The molecule has 0 saturated heterocycles. The molecule has 2 rings (SSSR count). The average molecular weight is 572 g/mol. The molecule has 0 bridgehead atoms. The third-order valence-electron chi connectivity index (χ3n) is 6.48. The van der Waals surface area contributed by atoms with E-state index in [1.165, 1.54) is 11.0 Å². The lowest BCUT2D eigenvalue weighted by atomic mass is 10.00. The zero-order valence-corrected chi connectivity index (χ0v) is 25.5. The van der Waals surface area contributed by atoms with Crippen molar-refractivity contribution in [3.8, 4) is 5.75 Å². The van der Waals surface area contributed by atoms with Crippen molar-refractivity contribution in [2.24, 2.45) is 0 Å². The van der Waals surface area contributed by atoms with Gasteiger partial charge in [-0.3, -0.25) is 9.59 Å². The summed E-state index contributed by atoms with van der Waals surface area (Å²) in [5.74, 6) is -1.05. The van der Waals surface area contributed by atoms with Crippen molar-refractivity contribution in [3.05, 3.63) is 59.2 Å². The molecule has 2 unspecified atom stereocenters. The van der Waals surface area contributed by atoms with E-state index in [1.807, 2.05) is 32.0 Å². The average Bonchev–Trinajstić information content (AvgIpc) is 2.88. The lowest BCUT2D eigenvalue weighted by Gasteiger charge is -2.34. The van der Waals surface area contributed by atoms with Gasteiger partial charge in [0.15, 0.2) is 0 Å². The van der Waals surface area contributed by atoms with Crippen LogP contribution in [0.4, 0.5) is 10.5 Å². The molecular formula is C31H45N3O5S. The summed E-state index contributed by atoms with van der Waals surface area (Å²) in [4.78, 5) is 42.1. The number of thiol groups is 1. The Morgan fingerprint density at radius 2 is 1.60 bits per heavy atom. The molecule has 0 aliphatic carbocycles. The molecule has 2 atom stereocenters. The van der Waals surface area contributed by atoms with Gasteiger partial charge in [0.1, 0.15) is 23.4 Å². The molecule has 40 heavy (non-hydrogen) atoms. The number of aromatic hydroxyl groups is 1. The smallest absolute Gasteiger partial charge is 0.408 e. The topological polar surface area (TPSA) is 108 Å². The fourth-order valence-corrected chi connectivity index (χ4v) is 4.71. The second-order valence-corrected chi connectivity index (χ2v) is 11.4. The summed E-state index contributed by atoms with van der Waals surface area (Å²) in [5.41, 5.74) is 1.95. The number of alkyl carbamates (subject to hydrolysis) is 1. The molecule has 0 heterocycles. The van der Waals surface area contributed by atoms with Gasteiger partial charge in [-0.05, 0) is 58.2 Å². The van der Waals surface area contributed by atoms with Crippen LogP contribution in [0.2, 0.25) is 0 Å². The van der Waals surface area contributed by atoms with Crippen LogP contribution in [0, 0.1) is 13.8 Å². The maximum Gasteiger partial charge on any atom is 0.408 e. The van der Waals surface area contributed by atoms with Crippen molar-refractivity contribution in [1.82, 2.24) is 10.2 Å². The minimum absolute atomic E-state index is 0.00355. The van der Waals surface area contributed by atoms with E-state index in [0.29, 0.717) is 17.7 Å². The van der Waals surface area contributed by atoms with Gasteiger partial charge in [-0.25, -0.2) is 4.79 Å². The summed E-state index contributed by atoms with van der Waals surface area (Å²) < 4.78 is 5.37. The molecule has 0 spiro atoms. The highest BCUT2D eigenvalue weighted by Gasteiger charge is 2.37. The number of anilines is 1. The largest absolute Gasteiger partial charge is 0.508 e. The summed E-state index contributed by atoms with van der Waals surface area (Å²) in [6.45, 7) is 11.4. The number of carbonyl (C=O) groups excluding carboxylic acids is 3. The Balaban J connectivity index is 2.52. The van der Waals surface area contributed by atoms with E-state index >= 15 is 0 Å². The maximum atomic E-state index is 14.1. The van der Waals surface area contributed by atoms with Gasteiger partial charge >= 0.3 is 6.09 Å². The fourth-order valence-electron chi connectivity index (χ4n) is 4.46. The lowest BCUT2D eigenvalue weighted by Crippen LogP contribution is -2.53. The number of carbonyl (C=O) groups is 3. The third-order valence-corrected chi connectivity index (χ3v) is 6.84. The molecule has 0 radical (unpaired) electrons. The Kier molecular flexibility index (Phi) is 12.8. The normalized spacial score (nSPS) is 12.8. The summed E-state index contributed by atoms with van der Waals surface area (Å²) >= 11 is 4.34. The van der Waals surface area contributed by atoms with E-state index in [0.717, 1.165) is 36.8 Å². The van der Waals surface area contributed by atoms with Crippen molar-refractivity contribution in [2.45, 2.75) is 91.3 Å². The summed E-state index contributed by atoms with van der Waals surface area (Å²) in [5, 5.41) is 16.4. The molecule has 9 heteroatoms. The molecule has 8 nitrogen and oxygen atoms in total. The number of amides is 3. The first-order valence-corrected chi connectivity index (χ1v) is 14.6. The second kappa shape index (κ2) is 15.6. The van der Waals surface area contributed by atoms with Gasteiger partial charge in [0.2, 0.25) is 5.91 Å². The number of phenolic OH excluding ortho intramolecular Hbond substituents is 1. The monoisotopic (exact) mass is 571 g/mol. The number of phenols is 1. The molecule has 0 aliphatic heterocycles. The molecular weight excluding hydrogens is 526 g/mol. The van der Waals surface area contributed by atoms with Crippen LogP contribution in [0.15, 0.2) is 42.5 Å². The Bertz CT molecular complexity index is 1130. The van der Waals surface area contributed by atoms with E-state index < -0.39 is 35.6 Å². The molecule has 0 aromatic heterocycles. The maximum absolute atomic E-state index is 14.1. The van der Waals surface area contributed by atoms with Crippen LogP contribution in [-0.2, 0) is 14.3 Å². The quantitative estimate of drug-likeness (QED) is 0.166. The van der Waals surface area contributed by atoms with Crippen LogP contribution in [0.5, 0.6) is 5.75 Å². The van der Waals surface area contributed by atoms with Crippen LogP contribution >= 0.6 is 12.6 Å². The first kappa shape index (κ1) is 33.0. The molecule has 220 valence electrons. The van der Waals surface area contributed by atoms with Gasteiger partial charge in [0.05, 0.1) is 0 Å². The zero-order valence-electron chi connectivity index (χ0n) is 24.6. The Morgan fingerprint density at radius 3 is 2.17 bits per heavy atom. The van der Waals surface area contributed by atoms with Crippen molar-refractivity contribution < 1.29 is 24.2 Å². The minimum atomic E-state index is -1.15. The number of ether oxygens (including phenoxy) is 1. The van der Waals surface area contributed by atoms with Crippen LogP contribution < -0.4 is 10.6 Å². The number of aryl methyl sites for hydroxylation is 2. The standard InChI is InChI=1S/C31H45N3O5S/c1-7-8-9-10-13-19-34(29(37)24(20-40)32-30(38)39-31(4,5)6)27(23-17-11-12-18-25(23)35)28(36)33-26-21(2)15-14-16-22(26)3/h11-12,14-18,24,27,35,40H,7-10,13,19-20H2,1-6H3,(H,32,38)(H,33,36). The number of hydrogen-bond acceptors (Lipinski definition) is 6. The van der Waals surface area contributed by atoms with Crippen molar-refractivity contribution in [3.63, 3.8) is 0 Å². The van der Waals surface area contributed by atoms with E-state index in [-0.39, 0.29) is 18.0 Å². The molecule has 0 fully saturated rings. The number of unbranched alkanes of at least 4 members (excludes halogenated alkanes) is 4. The molecule has 0 aliphatic rings. The summed E-state index contributed by atoms with van der Waals surface area (Å²) in [6, 6.07) is 10.0. The molecule has 0 saturated carbocycles. The number of rotatable bonds is 13. The highest BCUT2D eigenvalue weighted by Crippen LogP contribution is 2.32. The molecule has 2 aromatic carbocycles. The third kappa shape index (κ3) is 9.77. The highest BCUT2D eigenvalue weighted by atomic mass is 32.1.